The highest BCUT2D eigenvalue weighted by atomic mass is 16.8. The molecule has 0 saturated carbocycles. The number of piperidine rings is 3. The van der Waals surface area contributed by atoms with Gasteiger partial charge in [0.1, 0.15) is 5.75 Å². The molecule has 102 valence electrons. The second-order valence-corrected chi connectivity index (χ2v) is 5.76. The van der Waals surface area contributed by atoms with Crippen molar-refractivity contribution in [2.75, 3.05) is 13.1 Å². The molecular weight excluding hydrogens is 244 g/mol. The SMILES string of the molecule is Oc1ccccc1C1NOC2(O)C3CCN(CC3)C12. The fraction of sp³-hybridized carbons (Fsp3) is 0.571. The van der Waals surface area contributed by atoms with Crippen LogP contribution < -0.4 is 5.48 Å². The van der Waals surface area contributed by atoms with Gasteiger partial charge in [-0.05, 0) is 32.0 Å². The van der Waals surface area contributed by atoms with Crippen LogP contribution in [0.2, 0.25) is 0 Å². The highest BCUT2D eigenvalue weighted by molar-refractivity contribution is 5.37. The molecule has 5 nitrogen and oxygen atoms in total. The Morgan fingerprint density at radius 3 is 2.74 bits per heavy atom. The van der Waals surface area contributed by atoms with E-state index in [9.17, 15) is 10.2 Å². The van der Waals surface area contributed by atoms with Gasteiger partial charge in [0.15, 0.2) is 0 Å². The molecule has 1 aromatic carbocycles. The fourth-order valence-corrected chi connectivity index (χ4v) is 3.89. The van der Waals surface area contributed by atoms with Crippen LogP contribution in [-0.4, -0.2) is 40.0 Å². The first-order valence-corrected chi connectivity index (χ1v) is 6.88. The molecule has 0 aliphatic carbocycles. The van der Waals surface area contributed by atoms with Crippen molar-refractivity contribution in [3.8, 4) is 5.75 Å². The zero-order valence-corrected chi connectivity index (χ0v) is 10.6. The monoisotopic (exact) mass is 262 g/mol. The van der Waals surface area contributed by atoms with Gasteiger partial charge in [-0.2, -0.15) is 5.48 Å². The van der Waals surface area contributed by atoms with Crippen molar-refractivity contribution in [1.82, 2.24) is 10.4 Å². The molecule has 0 radical (unpaired) electrons. The number of phenols is 1. The summed E-state index contributed by atoms with van der Waals surface area (Å²) in [4.78, 5) is 7.83. The van der Waals surface area contributed by atoms with Crippen molar-refractivity contribution >= 4 is 0 Å². The summed E-state index contributed by atoms with van der Waals surface area (Å²) in [5.74, 6) is -0.690. The normalized spacial score (nSPS) is 44.3. The summed E-state index contributed by atoms with van der Waals surface area (Å²) >= 11 is 0. The zero-order chi connectivity index (χ0) is 13.0. The molecule has 0 spiro atoms. The van der Waals surface area contributed by atoms with E-state index < -0.39 is 5.79 Å². The largest absolute Gasteiger partial charge is 0.508 e. The smallest absolute Gasteiger partial charge is 0.205 e. The van der Waals surface area contributed by atoms with Crippen LogP contribution in [0.1, 0.15) is 24.4 Å². The van der Waals surface area contributed by atoms with Crippen LogP contribution in [0.15, 0.2) is 24.3 Å². The van der Waals surface area contributed by atoms with E-state index in [1.807, 2.05) is 12.1 Å². The number of hydrogen-bond donors (Lipinski definition) is 3. The summed E-state index contributed by atoms with van der Waals surface area (Å²) in [6.07, 6.45) is 1.95. The highest BCUT2D eigenvalue weighted by Crippen LogP contribution is 2.49. The molecule has 19 heavy (non-hydrogen) atoms. The maximum atomic E-state index is 10.8. The number of phenolic OH excluding ortho intramolecular Hbond substituents is 1. The van der Waals surface area contributed by atoms with Gasteiger partial charge in [0.2, 0.25) is 5.79 Å². The van der Waals surface area contributed by atoms with Gasteiger partial charge in [0, 0.05) is 11.5 Å². The van der Waals surface area contributed by atoms with Crippen LogP contribution in [0.4, 0.5) is 0 Å². The topological polar surface area (TPSA) is 65.0 Å². The molecule has 4 saturated heterocycles. The minimum atomic E-state index is -1.12. The second-order valence-electron chi connectivity index (χ2n) is 5.76. The number of aromatic hydroxyl groups is 1. The molecule has 4 heterocycles. The van der Waals surface area contributed by atoms with E-state index in [1.54, 1.807) is 12.1 Å². The van der Waals surface area contributed by atoms with Gasteiger partial charge in [-0.15, -0.1) is 0 Å². The molecule has 0 amide bonds. The summed E-state index contributed by atoms with van der Waals surface area (Å²) in [6, 6.07) is 6.94. The lowest BCUT2D eigenvalue weighted by molar-refractivity contribution is -0.285. The molecule has 4 fully saturated rings. The maximum absolute atomic E-state index is 10.8. The molecule has 1 aromatic rings. The van der Waals surface area contributed by atoms with E-state index in [0.717, 1.165) is 31.5 Å². The lowest BCUT2D eigenvalue weighted by Crippen LogP contribution is -2.65. The summed E-state index contributed by atoms with van der Waals surface area (Å²) in [6.45, 7) is 1.99. The minimum absolute atomic E-state index is 0.117. The van der Waals surface area contributed by atoms with Gasteiger partial charge in [0.05, 0.1) is 12.1 Å². The van der Waals surface area contributed by atoms with Crippen molar-refractivity contribution < 1.29 is 15.1 Å². The van der Waals surface area contributed by atoms with Crippen molar-refractivity contribution in [1.29, 1.82) is 0 Å². The fourth-order valence-electron chi connectivity index (χ4n) is 3.89. The molecule has 5 rings (SSSR count). The van der Waals surface area contributed by atoms with Crippen molar-refractivity contribution in [2.45, 2.75) is 30.7 Å². The maximum Gasteiger partial charge on any atom is 0.205 e. The van der Waals surface area contributed by atoms with Gasteiger partial charge in [-0.3, -0.25) is 9.74 Å². The van der Waals surface area contributed by atoms with Gasteiger partial charge in [-0.1, -0.05) is 18.2 Å². The molecule has 4 aliphatic rings. The van der Waals surface area contributed by atoms with Crippen LogP contribution in [-0.2, 0) is 4.84 Å². The Labute approximate surface area is 111 Å². The van der Waals surface area contributed by atoms with Crippen LogP contribution >= 0.6 is 0 Å². The predicted octanol–water partition coefficient (Wildman–Crippen LogP) is 0.751. The first-order chi connectivity index (χ1) is 9.20. The first kappa shape index (κ1) is 11.7. The third-order valence-corrected chi connectivity index (χ3v) is 4.87. The minimum Gasteiger partial charge on any atom is -0.508 e. The number of hydrogen-bond acceptors (Lipinski definition) is 5. The number of benzene rings is 1. The predicted molar refractivity (Wildman–Crippen MR) is 68.1 cm³/mol. The Balaban J connectivity index is 1.75. The molecule has 0 aromatic heterocycles. The van der Waals surface area contributed by atoms with E-state index >= 15 is 0 Å². The van der Waals surface area contributed by atoms with E-state index in [2.05, 4.69) is 10.4 Å². The number of nitrogens with one attached hydrogen (secondary N) is 1. The number of hydroxylamine groups is 1. The van der Waals surface area contributed by atoms with Crippen molar-refractivity contribution in [3.05, 3.63) is 29.8 Å². The summed E-state index contributed by atoms with van der Waals surface area (Å²) in [7, 11) is 0. The molecule has 4 aliphatic heterocycles. The average Bonchev–Trinajstić information content (AvgIpc) is 2.81. The van der Waals surface area contributed by atoms with Crippen LogP contribution in [0.25, 0.3) is 0 Å². The van der Waals surface area contributed by atoms with Crippen LogP contribution in [0.5, 0.6) is 5.75 Å². The van der Waals surface area contributed by atoms with E-state index in [1.165, 1.54) is 0 Å². The summed E-state index contributed by atoms with van der Waals surface area (Å²) < 4.78 is 0. The number of nitrogens with zero attached hydrogens (tertiary/aromatic N) is 1. The standard InChI is InChI=1S/C14H18N2O3/c17-11-4-2-1-3-10(11)12-13-14(18,19-15-12)9-5-7-16(13)8-6-9/h1-4,9,12-13,15,17-18H,5-8H2. The Bertz CT molecular complexity index is 501. The number of rotatable bonds is 1. The van der Waals surface area contributed by atoms with E-state index in [4.69, 9.17) is 4.84 Å². The van der Waals surface area contributed by atoms with Crippen LogP contribution in [0.3, 0.4) is 0 Å². The Morgan fingerprint density at radius 1 is 1.26 bits per heavy atom. The Hall–Kier alpha value is -1.14. The Kier molecular flexibility index (Phi) is 2.41. The highest BCUT2D eigenvalue weighted by Gasteiger charge is 2.61. The number of fused-ring (bicyclic) bond motifs is 2. The van der Waals surface area contributed by atoms with E-state index in [-0.39, 0.29) is 23.8 Å². The average molecular weight is 262 g/mol. The van der Waals surface area contributed by atoms with Gasteiger partial charge in [0.25, 0.3) is 0 Å². The Morgan fingerprint density at radius 2 is 2.00 bits per heavy atom. The number of aliphatic hydroxyl groups is 1. The first-order valence-electron chi connectivity index (χ1n) is 6.88. The molecule has 2 bridgehead atoms. The van der Waals surface area contributed by atoms with Gasteiger partial charge >= 0.3 is 0 Å². The molecule has 3 N–H and O–H groups in total. The second kappa shape index (κ2) is 3.93. The quantitative estimate of drug-likeness (QED) is 0.697. The van der Waals surface area contributed by atoms with E-state index in [0.29, 0.717) is 0 Å². The molecule has 3 atom stereocenters. The van der Waals surface area contributed by atoms with Crippen molar-refractivity contribution in [3.63, 3.8) is 0 Å². The molecule has 5 heteroatoms. The third kappa shape index (κ3) is 1.50. The van der Waals surface area contributed by atoms with Crippen molar-refractivity contribution in [2.24, 2.45) is 5.92 Å². The summed E-state index contributed by atoms with van der Waals surface area (Å²) in [5.41, 5.74) is 3.73. The number of para-hydroxylation sites is 1. The zero-order valence-electron chi connectivity index (χ0n) is 10.6. The molecular formula is C14H18N2O3. The van der Waals surface area contributed by atoms with Crippen LogP contribution in [0, 0.1) is 5.92 Å². The lowest BCUT2D eigenvalue weighted by Gasteiger charge is -2.52. The lowest BCUT2D eigenvalue weighted by atomic mass is 9.75. The third-order valence-electron chi connectivity index (χ3n) is 4.87. The molecule has 3 unspecified atom stereocenters. The van der Waals surface area contributed by atoms with Gasteiger partial charge in [-0.25, -0.2) is 0 Å². The van der Waals surface area contributed by atoms with Gasteiger partial charge < -0.3 is 10.2 Å². The summed E-state index contributed by atoms with van der Waals surface area (Å²) in [5, 5.41) is 20.8.